The van der Waals surface area contributed by atoms with Gasteiger partial charge in [-0.1, -0.05) is 13.8 Å². The first-order chi connectivity index (χ1) is 12.8. The lowest BCUT2D eigenvalue weighted by molar-refractivity contribution is -0.140. The SMILES string of the molecule is CC(C)C(CN1CCCC(F)(F)C1)N(C)C(=O)c1ccc(F)c(C(F)(F)F)c1. The molecule has 1 aliphatic rings. The number of likely N-dealkylation sites (tertiary alicyclic amines) is 1. The first kappa shape index (κ1) is 22.5. The Morgan fingerprint density at radius 3 is 2.46 bits per heavy atom. The summed E-state index contributed by atoms with van der Waals surface area (Å²) in [5, 5.41) is 0. The molecule has 0 spiro atoms. The molecule has 0 bridgehead atoms. The average molecular weight is 410 g/mol. The Kier molecular flexibility index (Phi) is 6.68. The lowest BCUT2D eigenvalue weighted by atomic mass is 9.99. The highest BCUT2D eigenvalue weighted by atomic mass is 19.4. The van der Waals surface area contributed by atoms with Crippen LogP contribution in [0.4, 0.5) is 26.3 Å². The van der Waals surface area contributed by atoms with E-state index in [2.05, 4.69) is 0 Å². The molecule has 2 rings (SSSR count). The molecular formula is C19H24F6N2O. The Bertz CT molecular complexity index is 704. The van der Waals surface area contributed by atoms with Crippen LogP contribution >= 0.6 is 0 Å². The number of hydrogen-bond acceptors (Lipinski definition) is 2. The van der Waals surface area contributed by atoms with Crippen molar-refractivity contribution in [3.63, 3.8) is 0 Å². The predicted octanol–water partition coefficient (Wildman–Crippen LogP) is 4.67. The Labute approximate surface area is 160 Å². The van der Waals surface area contributed by atoms with Gasteiger partial charge >= 0.3 is 6.18 Å². The molecule has 1 aromatic rings. The van der Waals surface area contributed by atoms with Crippen LogP contribution in [-0.2, 0) is 6.18 Å². The number of carbonyl (C=O) groups is 1. The molecule has 1 aromatic carbocycles. The van der Waals surface area contributed by atoms with Gasteiger partial charge in [0.2, 0.25) is 0 Å². The number of hydrogen-bond donors (Lipinski definition) is 0. The molecule has 1 heterocycles. The molecule has 9 heteroatoms. The van der Waals surface area contributed by atoms with E-state index in [0.717, 1.165) is 6.07 Å². The summed E-state index contributed by atoms with van der Waals surface area (Å²) in [6, 6.07) is 1.61. The predicted molar refractivity (Wildman–Crippen MR) is 92.7 cm³/mol. The zero-order chi connectivity index (χ0) is 21.3. The smallest absolute Gasteiger partial charge is 0.337 e. The number of likely N-dealkylation sites (N-methyl/N-ethyl adjacent to an activating group) is 1. The second-order valence-corrected chi connectivity index (χ2v) is 7.61. The van der Waals surface area contributed by atoms with Gasteiger partial charge in [0.25, 0.3) is 11.8 Å². The molecule has 0 aromatic heterocycles. The van der Waals surface area contributed by atoms with Gasteiger partial charge in [-0.3, -0.25) is 9.69 Å². The first-order valence-electron chi connectivity index (χ1n) is 9.06. The third-order valence-corrected chi connectivity index (χ3v) is 5.02. The van der Waals surface area contributed by atoms with Crippen molar-refractivity contribution in [2.45, 2.75) is 44.8 Å². The van der Waals surface area contributed by atoms with Gasteiger partial charge in [-0.25, -0.2) is 13.2 Å². The van der Waals surface area contributed by atoms with E-state index in [1.165, 1.54) is 11.9 Å². The van der Waals surface area contributed by atoms with Gasteiger partial charge in [-0.15, -0.1) is 0 Å². The number of amides is 1. The molecule has 1 saturated heterocycles. The van der Waals surface area contributed by atoms with Crippen molar-refractivity contribution in [2.24, 2.45) is 5.92 Å². The zero-order valence-electron chi connectivity index (χ0n) is 16.0. The largest absolute Gasteiger partial charge is 0.419 e. The standard InChI is InChI=1S/C19H24F6N2O/c1-12(2)16(10-27-8-4-7-18(21,22)11-27)26(3)17(28)13-5-6-15(20)14(9-13)19(23,24)25/h5-6,9,12,16H,4,7-8,10-11H2,1-3H3. The summed E-state index contributed by atoms with van der Waals surface area (Å²) < 4.78 is 79.6. The van der Waals surface area contributed by atoms with E-state index in [0.29, 0.717) is 25.1 Å². The van der Waals surface area contributed by atoms with Crippen LogP contribution in [0.1, 0.15) is 42.6 Å². The number of halogens is 6. The lowest BCUT2D eigenvalue weighted by Gasteiger charge is -2.39. The summed E-state index contributed by atoms with van der Waals surface area (Å²) in [6.45, 7) is 3.86. The van der Waals surface area contributed by atoms with Crippen molar-refractivity contribution in [3.05, 3.63) is 35.1 Å². The minimum absolute atomic E-state index is 0.118. The van der Waals surface area contributed by atoms with Crippen LogP contribution in [-0.4, -0.2) is 54.4 Å². The highest BCUT2D eigenvalue weighted by Crippen LogP contribution is 2.32. The van der Waals surface area contributed by atoms with Gasteiger partial charge < -0.3 is 4.90 Å². The molecule has 0 radical (unpaired) electrons. The summed E-state index contributed by atoms with van der Waals surface area (Å²) in [4.78, 5) is 15.5. The maximum atomic E-state index is 13.7. The summed E-state index contributed by atoms with van der Waals surface area (Å²) >= 11 is 0. The molecule has 3 nitrogen and oxygen atoms in total. The molecule has 1 fully saturated rings. The Morgan fingerprint density at radius 2 is 1.93 bits per heavy atom. The van der Waals surface area contributed by atoms with E-state index < -0.39 is 42.0 Å². The van der Waals surface area contributed by atoms with Gasteiger partial charge in [-0.05, 0) is 37.1 Å². The van der Waals surface area contributed by atoms with Crippen molar-refractivity contribution >= 4 is 5.91 Å². The lowest BCUT2D eigenvalue weighted by Crippen LogP contribution is -2.52. The second-order valence-electron chi connectivity index (χ2n) is 7.61. The van der Waals surface area contributed by atoms with Crippen molar-refractivity contribution in [3.8, 4) is 0 Å². The third kappa shape index (κ3) is 5.40. The summed E-state index contributed by atoms with van der Waals surface area (Å²) in [7, 11) is 1.42. The Balaban J connectivity index is 2.21. The van der Waals surface area contributed by atoms with E-state index in [-0.39, 0.29) is 24.4 Å². The molecule has 158 valence electrons. The normalized spacial score (nSPS) is 18.9. The number of rotatable bonds is 5. The highest BCUT2D eigenvalue weighted by Gasteiger charge is 2.38. The molecule has 1 aliphatic heterocycles. The zero-order valence-corrected chi connectivity index (χ0v) is 16.0. The minimum Gasteiger partial charge on any atom is -0.337 e. The van der Waals surface area contributed by atoms with Gasteiger partial charge in [0.1, 0.15) is 5.82 Å². The van der Waals surface area contributed by atoms with Gasteiger partial charge in [-0.2, -0.15) is 13.2 Å². The molecule has 1 atom stereocenters. The number of carbonyl (C=O) groups excluding carboxylic acids is 1. The van der Waals surface area contributed by atoms with E-state index >= 15 is 0 Å². The van der Waals surface area contributed by atoms with E-state index in [4.69, 9.17) is 0 Å². The summed E-state index contributed by atoms with van der Waals surface area (Å²) in [6.07, 6.45) is -4.77. The van der Waals surface area contributed by atoms with Crippen LogP contribution in [0.25, 0.3) is 0 Å². The molecule has 1 unspecified atom stereocenters. The van der Waals surface area contributed by atoms with E-state index in [1.807, 2.05) is 13.8 Å². The van der Waals surface area contributed by atoms with Crippen LogP contribution < -0.4 is 0 Å². The molecule has 0 saturated carbocycles. The number of alkyl halides is 5. The second kappa shape index (κ2) is 8.31. The third-order valence-electron chi connectivity index (χ3n) is 5.02. The topological polar surface area (TPSA) is 23.6 Å². The van der Waals surface area contributed by atoms with Crippen LogP contribution in [0.3, 0.4) is 0 Å². The van der Waals surface area contributed by atoms with Gasteiger partial charge in [0, 0.05) is 31.6 Å². The van der Waals surface area contributed by atoms with Gasteiger partial charge in [0.15, 0.2) is 0 Å². The quantitative estimate of drug-likeness (QED) is 0.659. The Hall–Kier alpha value is -1.77. The highest BCUT2D eigenvalue weighted by molar-refractivity contribution is 5.94. The number of benzene rings is 1. The average Bonchev–Trinajstić information content (AvgIpc) is 2.56. The molecule has 28 heavy (non-hydrogen) atoms. The first-order valence-corrected chi connectivity index (χ1v) is 9.06. The number of piperidine rings is 1. The van der Waals surface area contributed by atoms with Crippen molar-refractivity contribution in [1.29, 1.82) is 0 Å². The van der Waals surface area contributed by atoms with Crippen LogP contribution in [0.15, 0.2) is 18.2 Å². The van der Waals surface area contributed by atoms with E-state index in [9.17, 15) is 31.1 Å². The maximum absolute atomic E-state index is 13.7. The van der Waals surface area contributed by atoms with Crippen LogP contribution in [0, 0.1) is 11.7 Å². The molecule has 0 aliphatic carbocycles. The maximum Gasteiger partial charge on any atom is 0.419 e. The van der Waals surface area contributed by atoms with Crippen LogP contribution in [0.5, 0.6) is 0 Å². The van der Waals surface area contributed by atoms with E-state index in [1.54, 1.807) is 4.90 Å². The minimum atomic E-state index is -4.92. The summed E-state index contributed by atoms with van der Waals surface area (Å²) in [5.74, 6) is -5.08. The fourth-order valence-corrected chi connectivity index (χ4v) is 3.48. The summed E-state index contributed by atoms with van der Waals surface area (Å²) in [5.41, 5.74) is -1.81. The van der Waals surface area contributed by atoms with Crippen molar-refractivity contribution in [2.75, 3.05) is 26.7 Å². The van der Waals surface area contributed by atoms with Gasteiger partial charge in [0.05, 0.1) is 12.1 Å². The van der Waals surface area contributed by atoms with Crippen molar-refractivity contribution in [1.82, 2.24) is 9.80 Å². The molecule has 1 amide bonds. The monoisotopic (exact) mass is 410 g/mol. The molecule has 0 N–H and O–H groups in total. The van der Waals surface area contributed by atoms with Crippen molar-refractivity contribution < 1.29 is 31.1 Å². The molecular weight excluding hydrogens is 386 g/mol. The van der Waals surface area contributed by atoms with Crippen LogP contribution in [0.2, 0.25) is 0 Å². The number of nitrogens with zero attached hydrogens (tertiary/aromatic N) is 2. The fraction of sp³-hybridized carbons (Fsp3) is 0.632. The Morgan fingerprint density at radius 1 is 1.29 bits per heavy atom. The fourth-order valence-electron chi connectivity index (χ4n) is 3.48.